The maximum absolute atomic E-state index is 14.6. The van der Waals surface area contributed by atoms with E-state index >= 15 is 0 Å². The molecule has 0 atom stereocenters. The molecule has 0 nitrogen and oxygen atoms in total. The molecule has 0 spiro atoms. The minimum atomic E-state index is -4.79. The van der Waals surface area contributed by atoms with Crippen LogP contribution < -0.4 is 0 Å². The third-order valence-electron chi connectivity index (χ3n) is 5.12. The normalized spacial score (nSPS) is 12.0. The number of hydrogen-bond donors (Lipinski definition) is 0. The van der Waals surface area contributed by atoms with E-state index in [1.165, 1.54) is 6.07 Å². The fraction of sp³-hybridized carbons (Fsp3) is 0.200. The Balaban J connectivity index is 1.86. The Bertz CT molecular complexity index is 1150. The van der Waals surface area contributed by atoms with Crippen molar-refractivity contribution >= 4 is 6.08 Å². The van der Waals surface area contributed by atoms with Gasteiger partial charge in [-0.3, -0.25) is 0 Å². The molecule has 3 rings (SSSR count). The lowest BCUT2D eigenvalue weighted by atomic mass is 9.97. The van der Waals surface area contributed by atoms with Crippen LogP contribution in [0.25, 0.3) is 17.2 Å². The maximum Gasteiger partial charge on any atom is 0.409 e. The second kappa shape index (κ2) is 9.77. The van der Waals surface area contributed by atoms with Gasteiger partial charge in [-0.25, -0.2) is 22.0 Å². The van der Waals surface area contributed by atoms with E-state index in [1.807, 2.05) is 6.92 Å². The quantitative estimate of drug-likeness (QED) is 0.321. The van der Waals surface area contributed by atoms with E-state index < -0.39 is 52.0 Å². The first-order chi connectivity index (χ1) is 15.5. The lowest BCUT2D eigenvalue weighted by Crippen LogP contribution is -2.02. The van der Waals surface area contributed by atoms with Crippen LogP contribution in [0.3, 0.4) is 0 Å². The fourth-order valence-corrected chi connectivity index (χ4v) is 3.40. The van der Waals surface area contributed by atoms with E-state index in [9.17, 15) is 35.1 Å². The van der Waals surface area contributed by atoms with E-state index in [1.54, 1.807) is 12.1 Å². The molecule has 3 aromatic carbocycles. The molecule has 0 unspecified atom stereocenters. The highest BCUT2D eigenvalue weighted by atomic mass is 19.4. The maximum atomic E-state index is 14.6. The van der Waals surface area contributed by atoms with Gasteiger partial charge >= 0.3 is 6.18 Å². The van der Waals surface area contributed by atoms with E-state index in [4.69, 9.17) is 0 Å². The van der Waals surface area contributed by atoms with Gasteiger partial charge in [0, 0.05) is 11.6 Å². The van der Waals surface area contributed by atoms with Crippen molar-refractivity contribution in [2.45, 2.75) is 32.4 Å². The topological polar surface area (TPSA) is 0 Å². The molecular formula is C25H18F8. The fourth-order valence-electron chi connectivity index (χ4n) is 3.40. The average molecular weight is 470 g/mol. The first kappa shape index (κ1) is 24.5. The van der Waals surface area contributed by atoms with Crippen LogP contribution in [0.1, 0.15) is 29.2 Å². The van der Waals surface area contributed by atoms with Gasteiger partial charge in [-0.15, -0.1) is 0 Å². The number of rotatable bonds is 6. The van der Waals surface area contributed by atoms with E-state index in [0.717, 1.165) is 17.7 Å². The van der Waals surface area contributed by atoms with Crippen molar-refractivity contribution in [1.29, 1.82) is 0 Å². The van der Waals surface area contributed by atoms with Gasteiger partial charge in [0.15, 0.2) is 0 Å². The summed E-state index contributed by atoms with van der Waals surface area (Å²) in [5.41, 5.74) is -0.804. The van der Waals surface area contributed by atoms with Crippen LogP contribution in [0.15, 0.2) is 48.5 Å². The Morgan fingerprint density at radius 3 is 1.79 bits per heavy atom. The Labute approximate surface area is 185 Å². The monoisotopic (exact) mass is 470 g/mol. The number of benzene rings is 3. The van der Waals surface area contributed by atoms with Crippen molar-refractivity contribution in [3.05, 3.63) is 99.9 Å². The number of halogens is 8. The molecule has 0 bridgehead atoms. The second-order valence-electron chi connectivity index (χ2n) is 7.44. The molecule has 0 heterocycles. The van der Waals surface area contributed by atoms with Crippen LogP contribution in [0, 0.1) is 29.1 Å². The van der Waals surface area contributed by atoms with Crippen molar-refractivity contribution in [1.82, 2.24) is 0 Å². The molecule has 8 heteroatoms. The number of hydrogen-bond acceptors (Lipinski definition) is 0. The van der Waals surface area contributed by atoms with Crippen LogP contribution in [-0.4, -0.2) is 6.18 Å². The molecule has 0 N–H and O–H groups in total. The minimum absolute atomic E-state index is 0.112. The van der Waals surface area contributed by atoms with Crippen LogP contribution in [0.2, 0.25) is 0 Å². The van der Waals surface area contributed by atoms with Gasteiger partial charge < -0.3 is 0 Å². The van der Waals surface area contributed by atoms with Gasteiger partial charge in [-0.1, -0.05) is 19.1 Å². The summed E-state index contributed by atoms with van der Waals surface area (Å²) in [6.07, 6.45) is -3.97. The van der Waals surface area contributed by atoms with Gasteiger partial charge in [0.2, 0.25) is 0 Å². The number of allylic oxidation sites excluding steroid dienone is 1. The SMILES string of the molecule is CCc1ccc(CCc2cc(F)c(-c3cc(F)c(/C=C/C(F)(F)F)c(F)c3)c(F)c2)c(F)c1. The molecule has 174 valence electrons. The predicted molar refractivity (Wildman–Crippen MR) is 110 cm³/mol. The highest BCUT2D eigenvalue weighted by Crippen LogP contribution is 2.31. The largest absolute Gasteiger partial charge is 0.409 e. The molecule has 0 fully saturated rings. The standard InChI is InChI=1S/C25H18F8/c1-2-14-3-5-16(19(26)9-14)6-4-15-10-22(29)24(23(30)11-15)17-12-20(27)18(21(28)13-17)7-8-25(31,32)33/h3,5,7-13H,2,4,6H2,1H3/b8-7+. The second-order valence-corrected chi connectivity index (χ2v) is 7.44. The number of aryl methyl sites for hydroxylation is 3. The highest BCUT2D eigenvalue weighted by Gasteiger charge is 2.23. The van der Waals surface area contributed by atoms with Crippen molar-refractivity contribution in [3.63, 3.8) is 0 Å². The van der Waals surface area contributed by atoms with Gasteiger partial charge in [0.05, 0.1) is 5.56 Å². The van der Waals surface area contributed by atoms with Crippen molar-refractivity contribution < 1.29 is 35.1 Å². The van der Waals surface area contributed by atoms with Crippen molar-refractivity contribution in [2.24, 2.45) is 0 Å². The van der Waals surface area contributed by atoms with Gasteiger partial charge in [0.25, 0.3) is 0 Å². The van der Waals surface area contributed by atoms with Crippen LogP contribution in [-0.2, 0) is 19.3 Å². The summed E-state index contributed by atoms with van der Waals surface area (Å²) in [6, 6.07) is 7.84. The van der Waals surface area contributed by atoms with E-state index in [2.05, 4.69) is 0 Å². The molecule has 0 aliphatic heterocycles. The van der Waals surface area contributed by atoms with E-state index in [0.29, 0.717) is 24.1 Å². The average Bonchev–Trinajstić information content (AvgIpc) is 2.71. The van der Waals surface area contributed by atoms with Crippen molar-refractivity contribution in [3.8, 4) is 11.1 Å². The van der Waals surface area contributed by atoms with Crippen LogP contribution >= 0.6 is 0 Å². The molecule has 0 amide bonds. The minimum Gasteiger partial charge on any atom is -0.207 e. The third-order valence-corrected chi connectivity index (χ3v) is 5.12. The van der Waals surface area contributed by atoms with E-state index in [-0.39, 0.29) is 30.6 Å². The molecule has 0 saturated heterocycles. The number of alkyl halides is 3. The summed E-state index contributed by atoms with van der Waals surface area (Å²) in [5.74, 6) is -5.44. The van der Waals surface area contributed by atoms with Crippen molar-refractivity contribution in [2.75, 3.05) is 0 Å². The molecule has 0 saturated carbocycles. The zero-order chi connectivity index (χ0) is 24.3. The molecule has 3 aromatic rings. The van der Waals surface area contributed by atoms with Gasteiger partial charge in [-0.05, 0) is 77.9 Å². The third kappa shape index (κ3) is 6.00. The lowest BCUT2D eigenvalue weighted by molar-refractivity contribution is -0.0790. The Morgan fingerprint density at radius 2 is 1.27 bits per heavy atom. The zero-order valence-electron chi connectivity index (χ0n) is 17.3. The first-order valence-electron chi connectivity index (χ1n) is 9.99. The molecule has 0 aliphatic rings. The lowest BCUT2D eigenvalue weighted by Gasteiger charge is -2.11. The summed E-state index contributed by atoms with van der Waals surface area (Å²) in [7, 11) is 0. The Kier molecular flexibility index (Phi) is 7.25. The molecule has 0 radical (unpaired) electrons. The molecule has 0 aliphatic carbocycles. The first-order valence-corrected chi connectivity index (χ1v) is 9.99. The smallest absolute Gasteiger partial charge is 0.207 e. The Morgan fingerprint density at radius 1 is 0.697 bits per heavy atom. The zero-order valence-corrected chi connectivity index (χ0v) is 17.3. The van der Waals surface area contributed by atoms with Gasteiger partial charge in [-0.2, -0.15) is 13.2 Å². The summed E-state index contributed by atoms with van der Waals surface area (Å²) < 4.78 is 109. The summed E-state index contributed by atoms with van der Waals surface area (Å²) >= 11 is 0. The molecular weight excluding hydrogens is 452 g/mol. The van der Waals surface area contributed by atoms with Crippen LogP contribution in [0.5, 0.6) is 0 Å². The Hall–Kier alpha value is -3.16. The summed E-state index contributed by atoms with van der Waals surface area (Å²) in [5, 5.41) is 0. The summed E-state index contributed by atoms with van der Waals surface area (Å²) in [4.78, 5) is 0. The van der Waals surface area contributed by atoms with Crippen LogP contribution in [0.4, 0.5) is 35.1 Å². The highest BCUT2D eigenvalue weighted by molar-refractivity contribution is 5.68. The predicted octanol–water partition coefficient (Wildman–Crippen LogP) is 7.97. The van der Waals surface area contributed by atoms with Gasteiger partial charge in [0.1, 0.15) is 29.1 Å². The molecule has 0 aromatic heterocycles. The summed E-state index contributed by atoms with van der Waals surface area (Å²) in [6.45, 7) is 1.88. The molecule has 33 heavy (non-hydrogen) atoms.